The van der Waals surface area contributed by atoms with Crippen molar-refractivity contribution in [3.8, 4) is 5.75 Å². The Hall–Kier alpha value is -2.74. The Kier molecular flexibility index (Phi) is 4.80. The van der Waals surface area contributed by atoms with E-state index in [1.54, 1.807) is 6.07 Å². The molecule has 0 aromatic heterocycles. The smallest absolute Gasteiger partial charge is 0.262 e. The maximum atomic E-state index is 12.7. The van der Waals surface area contributed by atoms with E-state index >= 15 is 0 Å². The largest absolute Gasteiger partial charge is 0.488 e. The van der Waals surface area contributed by atoms with Gasteiger partial charge in [-0.3, -0.25) is 19.3 Å². The number of carbonyl (C=O) groups excluding carboxylic acids is 4. The van der Waals surface area contributed by atoms with Gasteiger partial charge in [0.05, 0.1) is 11.1 Å². The van der Waals surface area contributed by atoms with Crippen LogP contribution in [0.1, 0.15) is 33.6 Å². The Morgan fingerprint density at radius 1 is 1.36 bits per heavy atom. The number of amides is 3. The number of hydrogen-bond acceptors (Lipinski definition) is 6. The number of nitrogens with one attached hydrogen (secondary N) is 2. The summed E-state index contributed by atoms with van der Waals surface area (Å²) in [5.74, 6) is -1.04. The van der Waals surface area contributed by atoms with E-state index in [1.807, 2.05) is 0 Å². The Bertz CT molecular complexity index is 729. The Balaban J connectivity index is 1.86. The molecule has 0 spiro atoms. The van der Waals surface area contributed by atoms with Gasteiger partial charge in [-0.1, -0.05) is 0 Å². The normalized spacial score (nSPS) is 17.7. The van der Waals surface area contributed by atoms with Crippen molar-refractivity contribution < 1.29 is 23.9 Å². The summed E-state index contributed by atoms with van der Waals surface area (Å²) in [7, 11) is 1.42. The van der Waals surface area contributed by atoms with Crippen LogP contribution < -0.4 is 15.4 Å². The zero-order valence-corrected chi connectivity index (χ0v) is 13.8. The summed E-state index contributed by atoms with van der Waals surface area (Å²) in [5, 5.41) is 5.52. The van der Waals surface area contributed by atoms with Gasteiger partial charge in [0.15, 0.2) is 0 Å². The first-order valence-corrected chi connectivity index (χ1v) is 8.11. The lowest BCUT2D eigenvalue weighted by Gasteiger charge is -2.27. The molecule has 2 N–H and O–H groups in total. The van der Waals surface area contributed by atoms with Gasteiger partial charge in [0, 0.05) is 26.6 Å². The van der Waals surface area contributed by atoms with Crippen LogP contribution in [0.3, 0.4) is 0 Å². The van der Waals surface area contributed by atoms with E-state index in [0.29, 0.717) is 12.0 Å². The summed E-state index contributed by atoms with van der Waals surface area (Å²) < 4.78 is 5.72. The number of rotatable bonds is 7. The zero-order chi connectivity index (χ0) is 18.0. The maximum Gasteiger partial charge on any atom is 0.262 e. The predicted molar refractivity (Wildman–Crippen MR) is 87.4 cm³/mol. The highest BCUT2D eigenvalue weighted by molar-refractivity contribution is 6.23. The Labute approximate surface area is 144 Å². The van der Waals surface area contributed by atoms with Gasteiger partial charge >= 0.3 is 0 Å². The van der Waals surface area contributed by atoms with Crippen LogP contribution in [0.5, 0.6) is 5.75 Å². The zero-order valence-electron chi connectivity index (χ0n) is 13.8. The van der Waals surface area contributed by atoms with Crippen molar-refractivity contribution in [3.63, 3.8) is 0 Å². The molecule has 25 heavy (non-hydrogen) atoms. The van der Waals surface area contributed by atoms with E-state index in [9.17, 15) is 19.2 Å². The fourth-order valence-corrected chi connectivity index (χ4v) is 2.90. The molecular formula is C17H19N3O5. The number of hydrogen-bond donors (Lipinski definition) is 2. The van der Waals surface area contributed by atoms with Crippen molar-refractivity contribution >= 4 is 24.0 Å². The third-order valence-electron chi connectivity index (χ3n) is 4.35. The van der Waals surface area contributed by atoms with Gasteiger partial charge in [0.2, 0.25) is 5.91 Å². The monoisotopic (exact) mass is 345 g/mol. The lowest BCUT2D eigenvalue weighted by Crippen LogP contribution is -2.50. The van der Waals surface area contributed by atoms with Crippen LogP contribution in [0, 0.1) is 0 Å². The summed E-state index contributed by atoms with van der Waals surface area (Å²) >= 11 is 0. The molecule has 1 unspecified atom stereocenters. The van der Waals surface area contributed by atoms with Crippen LogP contribution >= 0.6 is 0 Å². The lowest BCUT2D eigenvalue weighted by atomic mass is 10.1. The molecule has 132 valence electrons. The van der Waals surface area contributed by atoms with Gasteiger partial charge in [-0.25, -0.2) is 0 Å². The summed E-state index contributed by atoms with van der Waals surface area (Å²) in [4.78, 5) is 49.0. The molecule has 2 heterocycles. The maximum absolute atomic E-state index is 12.7. The molecule has 1 atom stereocenters. The number of nitrogens with zero attached hydrogens (tertiary/aromatic N) is 1. The van der Waals surface area contributed by atoms with Gasteiger partial charge in [0.1, 0.15) is 24.2 Å². The fraction of sp³-hybridized carbons (Fsp3) is 0.412. The average molecular weight is 345 g/mol. The molecule has 1 aromatic carbocycles. The minimum atomic E-state index is -1.01. The molecule has 1 aromatic rings. The molecule has 0 saturated carbocycles. The summed E-state index contributed by atoms with van der Waals surface area (Å²) in [6.07, 6.45) is 0.875. The summed E-state index contributed by atoms with van der Waals surface area (Å²) in [6, 6.07) is 3.71. The second kappa shape index (κ2) is 7.02. The number of likely N-dealkylation sites (N-methyl/N-ethyl adjacent to an activating group) is 1. The van der Waals surface area contributed by atoms with Crippen molar-refractivity contribution in [3.05, 3.63) is 29.3 Å². The molecule has 1 fully saturated rings. The summed E-state index contributed by atoms with van der Waals surface area (Å²) in [5.41, 5.74) is 0.457. The Morgan fingerprint density at radius 3 is 2.68 bits per heavy atom. The van der Waals surface area contributed by atoms with Crippen LogP contribution in [0.2, 0.25) is 0 Å². The molecule has 8 heteroatoms. The first-order chi connectivity index (χ1) is 12.1. The number of ether oxygens (including phenoxy) is 1. The summed E-state index contributed by atoms with van der Waals surface area (Å²) in [6.45, 7) is 1.47. The number of fused-ring (bicyclic) bond motifs is 1. The molecule has 3 amide bonds. The first kappa shape index (κ1) is 17.1. The van der Waals surface area contributed by atoms with E-state index in [1.165, 1.54) is 19.2 Å². The highest BCUT2D eigenvalue weighted by Gasteiger charge is 2.42. The second-order valence-corrected chi connectivity index (χ2v) is 5.96. The minimum Gasteiger partial charge on any atom is -0.488 e. The predicted octanol–water partition coefficient (Wildman–Crippen LogP) is -0.273. The van der Waals surface area contributed by atoms with Crippen LogP contribution in [-0.4, -0.2) is 61.2 Å². The molecular weight excluding hydrogens is 326 g/mol. The fourth-order valence-electron chi connectivity index (χ4n) is 2.90. The highest BCUT2D eigenvalue weighted by atomic mass is 16.5. The van der Waals surface area contributed by atoms with Gasteiger partial charge in [-0.15, -0.1) is 0 Å². The SMILES string of the molecule is CNC(=O)C(CCC=O)N1C(=O)c2ccc(OC3CNC3)cc2C1=O. The quantitative estimate of drug-likeness (QED) is 0.521. The second-order valence-electron chi connectivity index (χ2n) is 5.96. The van der Waals surface area contributed by atoms with E-state index in [-0.39, 0.29) is 30.1 Å². The molecule has 1 saturated heterocycles. The van der Waals surface area contributed by atoms with Gasteiger partial charge in [-0.05, 0) is 24.6 Å². The van der Waals surface area contributed by atoms with Crippen molar-refractivity contribution in [1.82, 2.24) is 15.5 Å². The van der Waals surface area contributed by atoms with E-state index < -0.39 is 23.8 Å². The molecule has 0 radical (unpaired) electrons. The average Bonchev–Trinajstić information content (AvgIpc) is 2.83. The molecule has 0 aliphatic carbocycles. The first-order valence-electron chi connectivity index (χ1n) is 8.11. The van der Waals surface area contributed by atoms with Crippen molar-refractivity contribution in [2.75, 3.05) is 20.1 Å². The van der Waals surface area contributed by atoms with E-state index in [4.69, 9.17) is 4.74 Å². The third-order valence-corrected chi connectivity index (χ3v) is 4.35. The van der Waals surface area contributed by atoms with E-state index in [2.05, 4.69) is 10.6 Å². The minimum absolute atomic E-state index is 0.0487. The molecule has 3 rings (SSSR count). The third kappa shape index (κ3) is 3.12. The number of aldehydes is 1. The van der Waals surface area contributed by atoms with Crippen LogP contribution in [0.4, 0.5) is 0 Å². The lowest BCUT2D eigenvalue weighted by molar-refractivity contribution is -0.124. The molecule has 8 nitrogen and oxygen atoms in total. The van der Waals surface area contributed by atoms with Crippen molar-refractivity contribution in [2.24, 2.45) is 0 Å². The van der Waals surface area contributed by atoms with Crippen molar-refractivity contribution in [2.45, 2.75) is 25.0 Å². The Morgan fingerprint density at radius 2 is 2.08 bits per heavy atom. The van der Waals surface area contributed by atoms with Gasteiger partial charge in [0.25, 0.3) is 11.8 Å². The van der Waals surface area contributed by atoms with Crippen LogP contribution in [0.15, 0.2) is 18.2 Å². The van der Waals surface area contributed by atoms with Gasteiger partial charge in [-0.2, -0.15) is 0 Å². The highest BCUT2D eigenvalue weighted by Crippen LogP contribution is 2.30. The van der Waals surface area contributed by atoms with Crippen LogP contribution in [0.25, 0.3) is 0 Å². The van der Waals surface area contributed by atoms with Gasteiger partial charge < -0.3 is 20.2 Å². The molecule has 2 aliphatic rings. The number of benzene rings is 1. The standard InChI is InChI=1S/C17H19N3O5/c1-18-15(22)14(3-2-6-21)20-16(23)12-5-4-10(7-13(12)17(20)24)25-11-8-19-9-11/h4-7,11,14,19H,2-3,8-9H2,1H3,(H,18,22). The molecule has 0 bridgehead atoms. The number of imide groups is 1. The molecule has 2 aliphatic heterocycles. The van der Waals surface area contributed by atoms with E-state index in [0.717, 1.165) is 18.0 Å². The number of carbonyl (C=O) groups is 4. The van der Waals surface area contributed by atoms with Crippen LogP contribution in [-0.2, 0) is 9.59 Å². The van der Waals surface area contributed by atoms with Crippen molar-refractivity contribution in [1.29, 1.82) is 0 Å². The topological polar surface area (TPSA) is 105 Å².